The summed E-state index contributed by atoms with van der Waals surface area (Å²) in [5.74, 6) is -0.109. The van der Waals surface area contributed by atoms with Crippen LogP contribution >= 0.6 is 11.6 Å². The molecule has 2 rings (SSSR count). The summed E-state index contributed by atoms with van der Waals surface area (Å²) in [4.78, 5) is 0. The van der Waals surface area contributed by atoms with Crippen LogP contribution < -0.4 is 0 Å². The maximum atomic E-state index is 13.1. The van der Waals surface area contributed by atoms with Gasteiger partial charge >= 0.3 is 0 Å². The Bertz CT molecular complexity index is 361. The van der Waals surface area contributed by atoms with Crippen molar-refractivity contribution in [2.75, 3.05) is 0 Å². The second-order valence-corrected chi connectivity index (χ2v) is 4.92. The number of hydrogen-bond acceptors (Lipinski definition) is 1. The van der Waals surface area contributed by atoms with E-state index in [0.717, 1.165) is 25.7 Å². The molecule has 1 atom stereocenters. The highest BCUT2D eigenvalue weighted by Gasteiger charge is 2.24. The maximum Gasteiger partial charge on any atom is 0.123 e. The molecule has 1 fully saturated rings. The predicted octanol–water partition coefficient (Wildman–Crippen LogP) is 4.09. The summed E-state index contributed by atoms with van der Waals surface area (Å²) in [6.45, 7) is 0. The van der Waals surface area contributed by atoms with Gasteiger partial charge in [0.1, 0.15) is 5.82 Å². The van der Waals surface area contributed by atoms with Gasteiger partial charge in [-0.15, -0.1) is 0 Å². The first-order chi connectivity index (χ1) is 7.68. The van der Waals surface area contributed by atoms with Gasteiger partial charge in [-0.3, -0.25) is 0 Å². The molecule has 1 aromatic carbocycles. The Labute approximate surface area is 100 Å². The normalized spacial score (nSPS) is 19.7. The zero-order chi connectivity index (χ0) is 11.5. The van der Waals surface area contributed by atoms with Crippen LogP contribution in [0.25, 0.3) is 0 Å². The average molecular weight is 243 g/mol. The Morgan fingerprint density at radius 1 is 1.25 bits per heavy atom. The molecule has 0 aromatic heterocycles. The van der Waals surface area contributed by atoms with Gasteiger partial charge in [-0.25, -0.2) is 4.39 Å². The molecule has 1 nitrogen and oxygen atoms in total. The van der Waals surface area contributed by atoms with Gasteiger partial charge < -0.3 is 5.11 Å². The molecule has 0 bridgehead atoms. The van der Waals surface area contributed by atoms with Crippen molar-refractivity contribution in [1.82, 2.24) is 0 Å². The van der Waals surface area contributed by atoms with Gasteiger partial charge in [0.05, 0.1) is 6.10 Å². The number of hydrogen-bond donors (Lipinski definition) is 1. The van der Waals surface area contributed by atoms with Crippen LogP contribution in [0.2, 0.25) is 5.02 Å². The van der Waals surface area contributed by atoms with Gasteiger partial charge in [0.15, 0.2) is 0 Å². The van der Waals surface area contributed by atoms with E-state index in [2.05, 4.69) is 0 Å². The van der Waals surface area contributed by atoms with E-state index < -0.39 is 6.10 Å². The summed E-state index contributed by atoms with van der Waals surface area (Å²) in [5.41, 5.74) is 0.536. The van der Waals surface area contributed by atoms with E-state index >= 15 is 0 Å². The zero-order valence-corrected chi connectivity index (χ0v) is 9.88. The second-order valence-electron chi connectivity index (χ2n) is 4.51. The molecule has 0 amide bonds. The highest BCUT2D eigenvalue weighted by atomic mass is 35.5. The molecular formula is C13H16ClFO. The Hall–Kier alpha value is -0.600. The fraction of sp³-hybridized carbons (Fsp3) is 0.538. The number of halogens is 2. The topological polar surface area (TPSA) is 20.2 Å². The van der Waals surface area contributed by atoms with E-state index in [0.29, 0.717) is 10.6 Å². The third-order valence-electron chi connectivity index (χ3n) is 3.37. The molecular weight excluding hydrogens is 227 g/mol. The van der Waals surface area contributed by atoms with Gasteiger partial charge in [0.25, 0.3) is 0 Å². The summed E-state index contributed by atoms with van der Waals surface area (Å²) >= 11 is 5.98. The summed E-state index contributed by atoms with van der Waals surface area (Å²) in [6.07, 6.45) is 4.93. The van der Waals surface area contributed by atoms with Gasteiger partial charge in [0, 0.05) is 10.6 Å². The van der Waals surface area contributed by atoms with Crippen LogP contribution in [0.15, 0.2) is 18.2 Å². The molecule has 1 aromatic rings. The number of rotatable bonds is 2. The van der Waals surface area contributed by atoms with E-state index in [-0.39, 0.29) is 11.7 Å². The first-order valence-electron chi connectivity index (χ1n) is 5.81. The van der Waals surface area contributed by atoms with Gasteiger partial charge in [0.2, 0.25) is 0 Å². The minimum Gasteiger partial charge on any atom is -0.388 e. The second kappa shape index (κ2) is 5.15. The quantitative estimate of drug-likeness (QED) is 0.828. The van der Waals surface area contributed by atoms with Crippen LogP contribution in [0, 0.1) is 11.7 Å². The number of aliphatic hydroxyl groups excluding tert-OH is 1. The molecule has 16 heavy (non-hydrogen) atoms. The zero-order valence-electron chi connectivity index (χ0n) is 9.13. The SMILES string of the molecule is OC(c1cc(F)ccc1Cl)C1CCCCC1. The largest absolute Gasteiger partial charge is 0.388 e. The molecule has 0 heterocycles. The van der Waals surface area contributed by atoms with Crippen LogP contribution in [-0.4, -0.2) is 5.11 Å². The Kier molecular flexibility index (Phi) is 3.82. The molecule has 0 spiro atoms. The van der Waals surface area contributed by atoms with Crippen molar-refractivity contribution >= 4 is 11.6 Å². The molecule has 1 aliphatic rings. The lowest BCUT2D eigenvalue weighted by molar-refractivity contribution is 0.0846. The third kappa shape index (κ3) is 2.55. The minimum absolute atomic E-state index is 0.230. The molecule has 1 unspecified atom stereocenters. The van der Waals surface area contributed by atoms with Crippen molar-refractivity contribution in [2.45, 2.75) is 38.2 Å². The lowest BCUT2D eigenvalue weighted by Gasteiger charge is -2.27. The van der Waals surface area contributed by atoms with Crippen LogP contribution in [0.1, 0.15) is 43.8 Å². The fourth-order valence-corrected chi connectivity index (χ4v) is 2.67. The molecule has 3 heteroatoms. The number of aliphatic hydroxyl groups is 1. The van der Waals surface area contributed by atoms with E-state index in [1.807, 2.05) is 0 Å². The van der Waals surface area contributed by atoms with Gasteiger partial charge in [-0.1, -0.05) is 30.9 Å². The van der Waals surface area contributed by atoms with E-state index in [9.17, 15) is 9.50 Å². The summed E-state index contributed by atoms with van der Waals surface area (Å²) in [6, 6.07) is 4.18. The van der Waals surface area contributed by atoms with Crippen molar-refractivity contribution in [2.24, 2.45) is 5.92 Å². The Balaban J connectivity index is 2.18. The minimum atomic E-state index is -0.622. The summed E-state index contributed by atoms with van der Waals surface area (Å²) < 4.78 is 13.1. The highest BCUT2D eigenvalue weighted by Crippen LogP contribution is 2.37. The molecule has 0 saturated heterocycles. The first kappa shape index (κ1) is 11.9. The van der Waals surface area contributed by atoms with E-state index in [1.54, 1.807) is 0 Å². The standard InChI is InChI=1S/C13H16ClFO/c14-12-7-6-10(15)8-11(12)13(16)9-4-2-1-3-5-9/h6-9,13,16H,1-5H2. The average Bonchev–Trinajstić information content (AvgIpc) is 2.32. The van der Waals surface area contributed by atoms with Crippen molar-refractivity contribution < 1.29 is 9.50 Å². The van der Waals surface area contributed by atoms with Gasteiger partial charge in [-0.05, 0) is 37.0 Å². The molecule has 88 valence electrons. The molecule has 1 saturated carbocycles. The molecule has 1 aliphatic carbocycles. The van der Waals surface area contributed by atoms with Crippen LogP contribution in [0.5, 0.6) is 0 Å². The van der Waals surface area contributed by atoms with Crippen LogP contribution in [-0.2, 0) is 0 Å². The molecule has 1 N–H and O–H groups in total. The smallest absolute Gasteiger partial charge is 0.123 e. The van der Waals surface area contributed by atoms with E-state index in [1.165, 1.54) is 24.6 Å². The monoisotopic (exact) mass is 242 g/mol. The summed E-state index contributed by atoms with van der Waals surface area (Å²) in [5, 5.41) is 10.7. The molecule has 0 radical (unpaired) electrons. The Morgan fingerprint density at radius 2 is 1.94 bits per heavy atom. The lowest BCUT2D eigenvalue weighted by Crippen LogP contribution is -2.16. The lowest BCUT2D eigenvalue weighted by atomic mass is 9.83. The van der Waals surface area contributed by atoms with E-state index in [4.69, 9.17) is 11.6 Å². The summed E-state index contributed by atoms with van der Waals surface area (Å²) in [7, 11) is 0. The maximum absolute atomic E-state index is 13.1. The van der Waals surface area contributed by atoms with Gasteiger partial charge in [-0.2, -0.15) is 0 Å². The van der Waals surface area contributed by atoms with Crippen molar-refractivity contribution in [1.29, 1.82) is 0 Å². The van der Waals surface area contributed by atoms with Crippen molar-refractivity contribution in [3.05, 3.63) is 34.6 Å². The van der Waals surface area contributed by atoms with Crippen LogP contribution in [0.4, 0.5) is 4.39 Å². The first-order valence-corrected chi connectivity index (χ1v) is 6.19. The van der Waals surface area contributed by atoms with Crippen molar-refractivity contribution in [3.8, 4) is 0 Å². The Morgan fingerprint density at radius 3 is 2.62 bits per heavy atom. The predicted molar refractivity (Wildman–Crippen MR) is 62.9 cm³/mol. The molecule has 0 aliphatic heterocycles. The highest BCUT2D eigenvalue weighted by molar-refractivity contribution is 6.31. The van der Waals surface area contributed by atoms with Crippen LogP contribution in [0.3, 0.4) is 0 Å². The third-order valence-corrected chi connectivity index (χ3v) is 3.72. The number of benzene rings is 1. The fourth-order valence-electron chi connectivity index (χ4n) is 2.45. The van der Waals surface area contributed by atoms with Crippen molar-refractivity contribution in [3.63, 3.8) is 0 Å².